The summed E-state index contributed by atoms with van der Waals surface area (Å²) in [5.74, 6) is 0.925. The molecule has 24 heavy (non-hydrogen) atoms. The monoisotopic (exact) mass is 326 g/mol. The highest BCUT2D eigenvalue weighted by Crippen LogP contribution is 2.32. The molecule has 2 N–H and O–H groups in total. The molecular formula is C18H18N2O4. The minimum absolute atomic E-state index is 0.181. The number of anilines is 1. The number of ether oxygens (including phenoxy) is 2. The van der Waals surface area contributed by atoms with Crippen LogP contribution in [0.15, 0.2) is 48.5 Å². The molecule has 2 amide bonds. The number of rotatable bonds is 5. The Bertz CT molecular complexity index is 731. The summed E-state index contributed by atoms with van der Waals surface area (Å²) < 4.78 is 10.9. The van der Waals surface area contributed by atoms with Crippen molar-refractivity contribution >= 4 is 17.5 Å². The van der Waals surface area contributed by atoms with Crippen molar-refractivity contribution in [2.45, 2.75) is 6.42 Å². The van der Waals surface area contributed by atoms with Gasteiger partial charge in [-0.05, 0) is 24.3 Å². The van der Waals surface area contributed by atoms with Gasteiger partial charge in [0, 0.05) is 30.3 Å². The lowest BCUT2D eigenvalue weighted by Gasteiger charge is -2.19. The molecule has 1 aliphatic rings. The van der Waals surface area contributed by atoms with Crippen LogP contribution in [0.3, 0.4) is 0 Å². The first-order chi connectivity index (χ1) is 11.7. The van der Waals surface area contributed by atoms with E-state index in [1.54, 1.807) is 42.5 Å². The largest absolute Gasteiger partial charge is 0.486 e. The van der Waals surface area contributed by atoms with Gasteiger partial charge >= 0.3 is 0 Å². The molecule has 2 aromatic rings. The van der Waals surface area contributed by atoms with Crippen molar-refractivity contribution < 1.29 is 19.1 Å². The Balaban J connectivity index is 1.47. The quantitative estimate of drug-likeness (QED) is 0.883. The summed E-state index contributed by atoms with van der Waals surface area (Å²) in [6.07, 6.45) is 0.188. The molecule has 0 atom stereocenters. The highest BCUT2D eigenvalue weighted by atomic mass is 16.6. The summed E-state index contributed by atoms with van der Waals surface area (Å²) in [4.78, 5) is 23.8. The molecule has 0 saturated carbocycles. The van der Waals surface area contributed by atoms with Gasteiger partial charge in [0.1, 0.15) is 13.2 Å². The molecule has 0 aromatic heterocycles. The van der Waals surface area contributed by atoms with Crippen LogP contribution in [0, 0.1) is 0 Å². The highest BCUT2D eigenvalue weighted by molar-refractivity contribution is 5.95. The van der Waals surface area contributed by atoms with E-state index in [0.717, 1.165) is 0 Å². The van der Waals surface area contributed by atoms with E-state index >= 15 is 0 Å². The third kappa shape index (κ3) is 4.04. The average molecular weight is 326 g/mol. The highest BCUT2D eigenvalue weighted by Gasteiger charge is 2.13. The second kappa shape index (κ2) is 7.50. The molecular weight excluding hydrogens is 308 g/mol. The number of carbonyl (C=O) groups excluding carboxylic acids is 2. The number of hydrogen-bond acceptors (Lipinski definition) is 4. The summed E-state index contributed by atoms with van der Waals surface area (Å²) >= 11 is 0. The summed E-state index contributed by atoms with van der Waals surface area (Å²) in [6.45, 7) is 1.29. The molecule has 0 radical (unpaired) electrons. The van der Waals surface area contributed by atoms with Crippen LogP contribution in [0.2, 0.25) is 0 Å². The Labute approximate surface area is 139 Å². The van der Waals surface area contributed by atoms with Crippen molar-refractivity contribution in [1.29, 1.82) is 0 Å². The smallest absolute Gasteiger partial charge is 0.251 e. The standard InChI is InChI=1S/C18H18N2O4/c21-17(8-9-19-18(22)13-4-2-1-3-5-13)20-14-6-7-15-16(12-14)24-11-10-23-15/h1-7,12H,8-11H2,(H,19,22)(H,20,21). The lowest BCUT2D eigenvalue weighted by molar-refractivity contribution is -0.116. The van der Waals surface area contributed by atoms with Crippen LogP contribution in [0.1, 0.15) is 16.8 Å². The van der Waals surface area contributed by atoms with E-state index in [0.29, 0.717) is 36.0 Å². The summed E-state index contributed by atoms with van der Waals surface area (Å²) in [7, 11) is 0. The van der Waals surface area contributed by atoms with Crippen LogP contribution in [0.4, 0.5) is 5.69 Å². The minimum atomic E-state index is -0.192. The predicted octanol–water partition coefficient (Wildman–Crippen LogP) is 2.22. The zero-order chi connectivity index (χ0) is 16.8. The number of benzene rings is 2. The van der Waals surface area contributed by atoms with Crippen molar-refractivity contribution in [3.8, 4) is 11.5 Å². The maximum Gasteiger partial charge on any atom is 0.251 e. The van der Waals surface area contributed by atoms with Gasteiger partial charge in [-0.2, -0.15) is 0 Å². The molecule has 0 spiro atoms. The average Bonchev–Trinajstić information content (AvgIpc) is 2.62. The third-order valence-electron chi connectivity index (χ3n) is 3.50. The third-order valence-corrected chi connectivity index (χ3v) is 3.50. The fraction of sp³-hybridized carbons (Fsp3) is 0.222. The molecule has 3 rings (SSSR count). The Hall–Kier alpha value is -3.02. The number of fused-ring (bicyclic) bond motifs is 1. The van der Waals surface area contributed by atoms with E-state index in [-0.39, 0.29) is 24.8 Å². The van der Waals surface area contributed by atoms with Gasteiger partial charge in [-0.15, -0.1) is 0 Å². The van der Waals surface area contributed by atoms with Gasteiger partial charge < -0.3 is 20.1 Å². The molecule has 0 aliphatic carbocycles. The molecule has 0 fully saturated rings. The molecule has 0 unspecified atom stereocenters. The van der Waals surface area contributed by atoms with Crippen molar-refractivity contribution in [1.82, 2.24) is 5.32 Å². The lowest BCUT2D eigenvalue weighted by atomic mass is 10.2. The number of hydrogen-bond donors (Lipinski definition) is 2. The topological polar surface area (TPSA) is 76.7 Å². The van der Waals surface area contributed by atoms with Crippen molar-refractivity contribution in [2.24, 2.45) is 0 Å². The molecule has 1 heterocycles. The van der Waals surface area contributed by atoms with Gasteiger partial charge in [-0.1, -0.05) is 18.2 Å². The molecule has 2 aromatic carbocycles. The Morgan fingerprint density at radius 2 is 1.71 bits per heavy atom. The van der Waals surface area contributed by atoms with Gasteiger partial charge in [0.05, 0.1) is 0 Å². The summed E-state index contributed by atoms with van der Waals surface area (Å²) in [5.41, 5.74) is 1.21. The van der Waals surface area contributed by atoms with E-state index in [1.807, 2.05) is 6.07 Å². The zero-order valence-corrected chi connectivity index (χ0v) is 13.1. The van der Waals surface area contributed by atoms with Gasteiger partial charge in [-0.25, -0.2) is 0 Å². The van der Waals surface area contributed by atoms with Crippen LogP contribution >= 0.6 is 0 Å². The van der Waals surface area contributed by atoms with Gasteiger partial charge in [0.15, 0.2) is 11.5 Å². The second-order valence-corrected chi connectivity index (χ2v) is 5.28. The van der Waals surface area contributed by atoms with E-state index in [1.165, 1.54) is 0 Å². The molecule has 1 aliphatic heterocycles. The Kier molecular flexibility index (Phi) is 4.96. The number of carbonyl (C=O) groups is 2. The number of nitrogens with one attached hydrogen (secondary N) is 2. The first-order valence-electron chi connectivity index (χ1n) is 7.75. The zero-order valence-electron chi connectivity index (χ0n) is 13.1. The lowest BCUT2D eigenvalue weighted by Crippen LogP contribution is -2.27. The van der Waals surface area contributed by atoms with Crippen LogP contribution < -0.4 is 20.1 Å². The maximum absolute atomic E-state index is 12.0. The van der Waals surface area contributed by atoms with Gasteiger partial charge in [0.25, 0.3) is 5.91 Å². The summed E-state index contributed by atoms with van der Waals surface area (Å²) in [5, 5.41) is 5.50. The van der Waals surface area contributed by atoms with E-state index in [2.05, 4.69) is 10.6 Å². The van der Waals surface area contributed by atoms with Gasteiger partial charge in [0.2, 0.25) is 5.91 Å². The van der Waals surface area contributed by atoms with E-state index in [4.69, 9.17) is 9.47 Å². The number of amides is 2. The van der Waals surface area contributed by atoms with Gasteiger partial charge in [-0.3, -0.25) is 9.59 Å². The molecule has 0 bridgehead atoms. The Morgan fingerprint density at radius 1 is 0.958 bits per heavy atom. The second-order valence-electron chi connectivity index (χ2n) is 5.28. The van der Waals surface area contributed by atoms with Crippen LogP contribution in [-0.2, 0) is 4.79 Å². The Morgan fingerprint density at radius 3 is 2.50 bits per heavy atom. The SMILES string of the molecule is O=C(CCNC(=O)c1ccccc1)Nc1ccc2c(c1)OCCO2. The molecule has 6 nitrogen and oxygen atoms in total. The van der Waals surface area contributed by atoms with Crippen LogP contribution in [0.25, 0.3) is 0 Å². The molecule has 124 valence electrons. The first kappa shape index (κ1) is 15.9. The van der Waals surface area contributed by atoms with E-state index in [9.17, 15) is 9.59 Å². The van der Waals surface area contributed by atoms with Crippen LogP contribution in [-0.4, -0.2) is 31.6 Å². The fourth-order valence-electron chi connectivity index (χ4n) is 2.33. The maximum atomic E-state index is 12.0. The van der Waals surface area contributed by atoms with Crippen molar-refractivity contribution in [3.63, 3.8) is 0 Å². The first-order valence-corrected chi connectivity index (χ1v) is 7.75. The molecule has 6 heteroatoms. The predicted molar refractivity (Wildman–Crippen MR) is 89.5 cm³/mol. The van der Waals surface area contributed by atoms with Crippen molar-refractivity contribution in [2.75, 3.05) is 25.1 Å². The molecule has 0 saturated heterocycles. The summed E-state index contributed by atoms with van der Waals surface area (Å²) in [6, 6.07) is 14.1. The minimum Gasteiger partial charge on any atom is -0.486 e. The van der Waals surface area contributed by atoms with Crippen LogP contribution in [0.5, 0.6) is 11.5 Å². The van der Waals surface area contributed by atoms with Crippen molar-refractivity contribution in [3.05, 3.63) is 54.1 Å². The van der Waals surface area contributed by atoms with E-state index < -0.39 is 0 Å². The fourth-order valence-corrected chi connectivity index (χ4v) is 2.33. The normalized spacial score (nSPS) is 12.3.